The molecule has 6 nitrogen and oxygen atoms in total. The number of Topliss-reactive ketones (excluding diaryl/α,β-unsaturated/α-hetero) is 1. The summed E-state index contributed by atoms with van der Waals surface area (Å²) in [4.78, 5) is 30.3. The number of benzene rings is 2. The van der Waals surface area contributed by atoms with E-state index in [-0.39, 0.29) is 34.2 Å². The maximum atomic E-state index is 13.2. The highest BCUT2D eigenvalue weighted by Crippen LogP contribution is 2.65. The van der Waals surface area contributed by atoms with E-state index in [4.69, 9.17) is 0 Å². The first-order valence-corrected chi connectivity index (χ1v) is 13.6. The molecule has 0 aliphatic heterocycles. The minimum absolute atomic E-state index is 0.00184. The maximum Gasteiger partial charge on any atom is 0.228 e. The fourth-order valence-corrected chi connectivity index (χ4v) is 7.21. The van der Waals surface area contributed by atoms with Crippen LogP contribution in [-0.2, 0) is 21.1 Å². The van der Waals surface area contributed by atoms with Crippen LogP contribution in [0.25, 0.3) is 0 Å². The Balaban J connectivity index is 1.28. The average Bonchev–Trinajstić information content (AvgIpc) is 2.82. The van der Waals surface area contributed by atoms with Crippen LogP contribution >= 0.6 is 0 Å². The molecule has 2 bridgehead atoms. The number of pyridine rings is 1. The zero-order valence-electron chi connectivity index (χ0n) is 19.4. The third kappa shape index (κ3) is 5.20. The molecular weight excluding hydrogens is 460 g/mol. The van der Waals surface area contributed by atoms with Crippen molar-refractivity contribution in [3.63, 3.8) is 0 Å². The predicted molar refractivity (Wildman–Crippen MR) is 134 cm³/mol. The molecule has 1 heterocycles. The van der Waals surface area contributed by atoms with Crippen LogP contribution in [0.3, 0.4) is 0 Å². The smallest absolute Gasteiger partial charge is 0.228 e. The van der Waals surface area contributed by atoms with Gasteiger partial charge in [0.25, 0.3) is 0 Å². The number of amides is 1. The molecule has 3 aliphatic carbocycles. The quantitative estimate of drug-likeness (QED) is 0.417. The van der Waals surface area contributed by atoms with Crippen molar-refractivity contribution in [1.29, 1.82) is 0 Å². The van der Waals surface area contributed by atoms with Crippen molar-refractivity contribution in [3.05, 3.63) is 90.3 Å². The van der Waals surface area contributed by atoms with E-state index in [0.29, 0.717) is 17.7 Å². The van der Waals surface area contributed by atoms with Crippen LogP contribution in [-0.4, -0.2) is 30.8 Å². The van der Waals surface area contributed by atoms with E-state index in [0.717, 1.165) is 30.7 Å². The summed E-state index contributed by atoms with van der Waals surface area (Å²) in [7, 11) is -3.35. The van der Waals surface area contributed by atoms with Gasteiger partial charge in [-0.2, -0.15) is 0 Å². The molecule has 1 aromatic heterocycles. The summed E-state index contributed by atoms with van der Waals surface area (Å²) in [5.41, 5.74) is 1.94. The van der Waals surface area contributed by atoms with Gasteiger partial charge in [-0.25, -0.2) is 8.42 Å². The molecule has 1 amide bonds. The van der Waals surface area contributed by atoms with Gasteiger partial charge in [-0.1, -0.05) is 30.3 Å². The second-order valence-electron chi connectivity index (χ2n) is 10.0. The monoisotopic (exact) mass is 488 g/mol. The summed E-state index contributed by atoms with van der Waals surface area (Å²) in [5.74, 6) is -0.0769. The summed E-state index contributed by atoms with van der Waals surface area (Å²) in [6.45, 7) is 0. The fourth-order valence-electron chi connectivity index (χ4n) is 5.34. The Morgan fingerprint density at radius 2 is 1.69 bits per heavy atom. The first-order chi connectivity index (χ1) is 16.8. The Labute approximate surface area is 205 Å². The molecule has 1 N–H and O–H groups in total. The van der Waals surface area contributed by atoms with Gasteiger partial charge in [-0.15, -0.1) is 0 Å². The number of aromatic nitrogens is 1. The molecule has 6 rings (SSSR count). The minimum Gasteiger partial charge on any atom is -0.326 e. The lowest BCUT2D eigenvalue weighted by atomic mass is 9.45. The van der Waals surface area contributed by atoms with Gasteiger partial charge in [-0.3, -0.25) is 14.6 Å². The van der Waals surface area contributed by atoms with Gasteiger partial charge >= 0.3 is 0 Å². The molecule has 0 saturated heterocycles. The second kappa shape index (κ2) is 9.38. The molecule has 180 valence electrons. The number of carbonyl (C=O) groups is 2. The van der Waals surface area contributed by atoms with E-state index in [9.17, 15) is 18.0 Å². The largest absolute Gasteiger partial charge is 0.326 e. The van der Waals surface area contributed by atoms with E-state index >= 15 is 0 Å². The number of anilines is 1. The molecule has 1 atom stereocenters. The van der Waals surface area contributed by atoms with Crippen LogP contribution in [0.4, 0.5) is 5.69 Å². The lowest BCUT2D eigenvalue weighted by molar-refractivity contribution is -0.119. The lowest BCUT2D eigenvalue weighted by Gasteiger charge is -2.61. The summed E-state index contributed by atoms with van der Waals surface area (Å²) >= 11 is 0. The molecule has 2 aromatic carbocycles. The van der Waals surface area contributed by atoms with Crippen molar-refractivity contribution < 1.29 is 18.0 Å². The van der Waals surface area contributed by atoms with Crippen molar-refractivity contribution >= 4 is 27.2 Å². The van der Waals surface area contributed by atoms with E-state index in [1.807, 2.05) is 30.3 Å². The van der Waals surface area contributed by atoms with Crippen molar-refractivity contribution in [1.82, 2.24) is 4.98 Å². The Morgan fingerprint density at radius 1 is 0.971 bits per heavy atom. The molecule has 7 heteroatoms. The molecule has 0 unspecified atom stereocenters. The van der Waals surface area contributed by atoms with Crippen LogP contribution in [0.5, 0.6) is 0 Å². The Kier molecular flexibility index (Phi) is 6.28. The van der Waals surface area contributed by atoms with Gasteiger partial charge in [0, 0.05) is 36.0 Å². The van der Waals surface area contributed by atoms with E-state index < -0.39 is 15.8 Å². The fraction of sp³-hybridized carbons (Fsp3) is 0.321. The summed E-state index contributed by atoms with van der Waals surface area (Å²) in [6, 6.07) is 19.3. The minimum atomic E-state index is -3.35. The van der Waals surface area contributed by atoms with E-state index in [1.54, 1.807) is 42.6 Å². The van der Waals surface area contributed by atoms with Gasteiger partial charge in [0.2, 0.25) is 5.91 Å². The van der Waals surface area contributed by atoms with Crippen molar-refractivity contribution in [2.24, 2.45) is 17.3 Å². The number of nitrogens with zero attached hydrogens (tertiary/aromatic N) is 1. The Bertz CT molecular complexity index is 1310. The summed E-state index contributed by atoms with van der Waals surface area (Å²) in [6.07, 6.45) is 6.65. The number of sulfone groups is 1. The number of carbonyl (C=O) groups excluding carboxylic acids is 2. The molecule has 3 saturated carbocycles. The van der Waals surface area contributed by atoms with E-state index in [2.05, 4.69) is 10.3 Å². The van der Waals surface area contributed by atoms with Crippen LogP contribution in [0.15, 0.2) is 84.0 Å². The first-order valence-electron chi connectivity index (χ1n) is 11.9. The van der Waals surface area contributed by atoms with Gasteiger partial charge in [0.05, 0.1) is 10.6 Å². The molecule has 0 radical (unpaired) electrons. The number of nitrogens with one attached hydrogen (secondary N) is 1. The van der Waals surface area contributed by atoms with Gasteiger partial charge in [0.1, 0.15) is 0 Å². The van der Waals surface area contributed by atoms with E-state index in [1.165, 1.54) is 6.20 Å². The molecule has 3 fully saturated rings. The molecule has 3 aromatic rings. The van der Waals surface area contributed by atoms with Crippen LogP contribution in [0.1, 0.15) is 41.6 Å². The highest BCUT2D eigenvalue weighted by molar-refractivity contribution is 7.91. The van der Waals surface area contributed by atoms with Crippen LogP contribution in [0, 0.1) is 17.3 Å². The highest BCUT2D eigenvalue weighted by Gasteiger charge is 2.58. The third-order valence-corrected chi connectivity index (χ3v) is 9.24. The lowest BCUT2D eigenvalue weighted by Crippen LogP contribution is -2.55. The average molecular weight is 489 g/mol. The van der Waals surface area contributed by atoms with Gasteiger partial charge in [-0.05, 0) is 79.0 Å². The normalized spacial score (nSPS) is 21.3. The SMILES string of the molecule is O=C(C[C@@H](Cc1ccccc1)C(=O)Nc1ccc(S(=O)(=O)CC23CC(C2)C3)cc1)c1cccnc1. The Morgan fingerprint density at radius 3 is 2.29 bits per heavy atom. The Hall–Kier alpha value is -3.32. The molecule has 35 heavy (non-hydrogen) atoms. The number of rotatable bonds is 10. The summed E-state index contributed by atoms with van der Waals surface area (Å²) in [5, 5.41) is 2.87. The number of ketones is 1. The first kappa shape index (κ1) is 23.4. The highest BCUT2D eigenvalue weighted by atomic mass is 32.2. The van der Waals surface area contributed by atoms with Crippen LogP contribution < -0.4 is 5.32 Å². The zero-order valence-corrected chi connectivity index (χ0v) is 20.2. The topological polar surface area (TPSA) is 93.2 Å². The number of hydrogen-bond donors (Lipinski definition) is 1. The van der Waals surface area contributed by atoms with Crippen LogP contribution in [0.2, 0.25) is 0 Å². The van der Waals surface area contributed by atoms with Gasteiger partial charge in [0.15, 0.2) is 15.6 Å². The number of hydrogen-bond acceptors (Lipinski definition) is 5. The molecular formula is C28H28N2O4S. The van der Waals surface area contributed by atoms with Crippen molar-refractivity contribution in [2.75, 3.05) is 11.1 Å². The standard InChI is InChI=1S/C28H28N2O4S/c31-26(22-7-4-12-29-18-22)14-23(13-20-5-2-1-3-6-20)27(32)30-24-8-10-25(11-9-24)35(33,34)19-28-15-21(16-28)17-28/h1-12,18,21,23H,13-17,19H2,(H,30,32)/t21?,23-,28?/m1/s1. The van der Waals surface area contributed by atoms with Gasteiger partial charge < -0.3 is 5.32 Å². The van der Waals surface area contributed by atoms with Crippen molar-refractivity contribution in [3.8, 4) is 0 Å². The second-order valence-corrected chi connectivity index (χ2v) is 12.0. The third-order valence-electron chi connectivity index (χ3n) is 7.25. The maximum absolute atomic E-state index is 13.2. The summed E-state index contributed by atoms with van der Waals surface area (Å²) < 4.78 is 25.7. The van der Waals surface area contributed by atoms with Crippen molar-refractivity contribution in [2.45, 2.75) is 37.0 Å². The predicted octanol–water partition coefficient (Wildman–Crippen LogP) is 4.73. The molecule has 3 aliphatic rings. The molecule has 0 spiro atoms. The zero-order chi connectivity index (χ0) is 24.5.